The van der Waals surface area contributed by atoms with Crippen molar-refractivity contribution in [3.8, 4) is 0 Å². The molecule has 0 radical (unpaired) electrons. The van der Waals surface area contributed by atoms with Crippen LogP contribution >= 0.6 is 0 Å². The summed E-state index contributed by atoms with van der Waals surface area (Å²) in [5, 5.41) is 6.77. The third-order valence-corrected chi connectivity index (χ3v) is 4.86. The van der Waals surface area contributed by atoms with Crippen molar-refractivity contribution in [2.75, 3.05) is 0 Å². The normalized spacial score (nSPS) is 29.3. The fraction of sp³-hybridized carbons (Fsp3) is 0.706. The van der Waals surface area contributed by atoms with Gasteiger partial charge in [0.25, 0.3) is 0 Å². The van der Waals surface area contributed by atoms with Gasteiger partial charge >= 0.3 is 0 Å². The van der Waals surface area contributed by atoms with Crippen molar-refractivity contribution in [2.45, 2.75) is 70.0 Å². The van der Waals surface area contributed by atoms with Crippen LogP contribution < -0.4 is 10.6 Å². The summed E-state index contributed by atoms with van der Waals surface area (Å²) < 4.78 is 5.32. The molecule has 2 saturated heterocycles. The van der Waals surface area contributed by atoms with Gasteiger partial charge < -0.3 is 15.1 Å². The molecule has 4 nitrogen and oxygen atoms in total. The van der Waals surface area contributed by atoms with Gasteiger partial charge in [-0.1, -0.05) is 0 Å². The first-order chi connectivity index (χ1) is 10.2. The molecule has 3 heterocycles. The van der Waals surface area contributed by atoms with Crippen LogP contribution in [0.2, 0.25) is 0 Å². The number of carbonyl (C=O) groups excluding carboxylic acids is 1. The number of furan rings is 1. The van der Waals surface area contributed by atoms with Gasteiger partial charge in [0.2, 0.25) is 5.91 Å². The molecule has 2 aliphatic rings. The van der Waals surface area contributed by atoms with Crippen molar-refractivity contribution >= 4 is 5.91 Å². The lowest BCUT2D eigenvalue weighted by Crippen LogP contribution is -2.40. The zero-order chi connectivity index (χ0) is 14.7. The zero-order valence-electron chi connectivity index (χ0n) is 12.8. The van der Waals surface area contributed by atoms with E-state index in [1.807, 2.05) is 12.1 Å². The Hall–Kier alpha value is -1.29. The minimum Gasteiger partial charge on any atom is -0.469 e. The van der Waals surface area contributed by atoms with Gasteiger partial charge in [-0.15, -0.1) is 0 Å². The highest BCUT2D eigenvalue weighted by Crippen LogP contribution is 2.32. The van der Waals surface area contributed by atoms with Gasteiger partial charge in [-0.25, -0.2) is 0 Å². The minimum atomic E-state index is 0.209. The van der Waals surface area contributed by atoms with E-state index in [1.165, 1.54) is 25.7 Å². The molecule has 2 N–H and O–H groups in total. The van der Waals surface area contributed by atoms with E-state index in [0.29, 0.717) is 24.4 Å². The maximum atomic E-state index is 12.2. The molecule has 1 aromatic heterocycles. The Kier molecular flexibility index (Phi) is 4.63. The Morgan fingerprint density at radius 3 is 2.86 bits per heavy atom. The second-order valence-electron chi connectivity index (χ2n) is 6.77. The molecule has 2 bridgehead atoms. The standard InChI is InChI=1S/C17H26N2O2/c1-12(4-7-16-3-2-8-21-16)18-17(20)11-13-9-14-5-6-15(10-13)19-14/h2-3,8,12-15,19H,4-7,9-11H2,1H3,(H,18,20). The zero-order valence-corrected chi connectivity index (χ0v) is 12.8. The summed E-state index contributed by atoms with van der Waals surface area (Å²) in [6, 6.07) is 5.43. The van der Waals surface area contributed by atoms with Crippen LogP contribution in [0.4, 0.5) is 0 Å². The SMILES string of the molecule is CC(CCc1ccco1)NC(=O)CC1CC2CCC(C1)N2. The summed E-state index contributed by atoms with van der Waals surface area (Å²) in [6.45, 7) is 2.08. The van der Waals surface area contributed by atoms with E-state index in [4.69, 9.17) is 4.42 Å². The van der Waals surface area contributed by atoms with Crippen molar-refractivity contribution in [3.05, 3.63) is 24.2 Å². The van der Waals surface area contributed by atoms with Crippen LogP contribution in [0.3, 0.4) is 0 Å². The highest BCUT2D eigenvalue weighted by atomic mass is 16.3. The Morgan fingerprint density at radius 1 is 1.43 bits per heavy atom. The quantitative estimate of drug-likeness (QED) is 0.847. The molecule has 1 amide bonds. The molecule has 0 spiro atoms. The van der Waals surface area contributed by atoms with Crippen molar-refractivity contribution < 1.29 is 9.21 Å². The van der Waals surface area contributed by atoms with Crippen molar-refractivity contribution in [1.29, 1.82) is 0 Å². The molecule has 21 heavy (non-hydrogen) atoms. The van der Waals surface area contributed by atoms with Gasteiger partial charge in [0.1, 0.15) is 5.76 Å². The van der Waals surface area contributed by atoms with Gasteiger partial charge in [0.05, 0.1) is 6.26 Å². The van der Waals surface area contributed by atoms with Crippen molar-refractivity contribution in [1.82, 2.24) is 10.6 Å². The Balaban J connectivity index is 1.37. The smallest absolute Gasteiger partial charge is 0.220 e. The molecule has 2 aliphatic heterocycles. The summed E-state index contributed by atoms with van der Waals surface area (Å²) in [5.74, 6) is 1.78. The van der Waals surface area contributed by atoms with Crippen LogP contribution in [0.25, 0.3) is 0 Å². The van der Waals surface area contributed by atoms with E-state index in [9.17, 15) is 4.79 Å². The van der Waals surface area contributed by atoms with Crippen LogP contribution in [0.1, 0.15) is 51.2 Å². The lowest BCUT2D eigenvalue weighted by atomic mass is 9.89. The third kappa shape index (κ3) is 4.10. The molecule has 3 rings (SSSR count). The highest BCUT2D eigenvalue weighted by Gasteiger charge is 2.34. The first-order valence-electron chi connectivity index (χ1n) is 8.27. The maximum Gasteiger partial charge on any atom is 0.220 e. The van der Waals surface area contributed by atoms with Crippen LogP contribution in [0, 0.1) is 5.92 Å². The number of hydrogen-bond donors (Lipinski definition) is 2. The van der Waals surface area contributed by atoms with Crippen molar-refractivity contribution in [2.24, 2.45) is 5.92 Å². The Morgan fingerprint density at radius 2 is 2.19 bits per heavy atom. The van der Waals surface area contributed by atoms with Crippen LogP contribution in [-0.2, 0) is 11.2 Å². The van der Waals surface area contributed by atoms with E-state index >= 15 is 0 Å². The van der Waals surface area contributed by atoms with E-state index < -0.39 is 0 Å². The number of aryl methyl sites for hydroxylation is 1. The summed E-state index contributed by atoms with van der Waals surface area (Å²) in [5.41, 5.74) is 0. The summed E-state index contributed by atoms with van der Waals surface area (Å²) >= 11 is 0. The van der Waals surface area contributed by atoms with E-state index in [2.05, 4.69) is 17.6 Å². The summed E-state index contributed by atoms with van der Waals surface area (Å²) in [4.78, 5) is 12.2. The Labute approximate surface area is 126 Å². The molecule has 4 heteroatoms. The molecular formula is C17H26N2O2. The molecule has 2 fully saturated rings. The summed E-state index contributed by atoms with van der Waals surface area (Å²) in [6.07, 6.45) is 9.13. The second-order valence-corrected chi connectivity index (χ2v) is 6.77. The van der Waals surface area contributed by atoms with E-state index in [1.54, 1.807) is 6.26 Å². The summed E-state index contributed by atoms with van der Waals surface area (Å²) in [7, 11) is 0. The third-order valence-electron chi connectivity index (χ3n) is 4.86. The average Bonchev–Trinajstić information content (AvgIpc) is 3.06. The second kappa shape index (κ2) is 6.65. The molecular weight excluding hydrogens is 264 g/mol. The predicted octanol–water partition coefficient (Wildman–Crippen LogP) is 2.64. The fourth-order valence-electron chi connectivity index (χ4n) is 3.82. The predicted molar refractivity (Wildman–Crippen MR) is 81.9 cm³/mol. The van der Waals surface area contributed by atoms with Crippen LogP contribution in [-0.4, -0.2) is 24.0 Å². The lowest BCUT2D eigenvalue weighted by molar-refractivity contribution is -0.122. The van der Waals surface area contributed by atoms with Gasteiger partial charge in [0.15, 0.2) is 0 Å². The van der Waals surface area contributed by atoms with Gasteiger partial charge in [-0.2, -0.15) is 0 Å². The first kappa shape index (κ1) is 14.6. The molecule has 116 valence electrons. The average molecular weight is 290 g/mol. The number of fused-ring (bicyclic) bond motifs is 2. The molecule has 0 aliphatic carbocycles. The molecule has 0 aromatic carbocycles. The van der Waals surface area contributed by atoms with Crippen LogP contribution in [0.5, 0.6) is 0 Å². The highest BCUT2D eigenvalue weighted by molar-refractivity contribution is 5.76. The topological polar surface area (TPSA) is 54.3 Å². The molecule has 0 saturated carbocycles. The van der Waals surface area contributed by atoms with Crippen molar-refractivity contribution in [3.63, 3.8) is 0 Å². The number of piperidine rings is 1. The lowest BCUT2D eigenvalue weighted by Gasteiger charge is -2.29. The van der Waals surface area contributed by atoms with Crippen LogP contribution in [0.15, 0.2) is 22.8 Å². The first-order valence-corrected chi connectivity index (χ1v) is 8.27. The molecule has 1 aromatic rings. The number of rotatable bonds is 6. The Bertz CT molecular complexity index is 445. The number of carbonyl (C=O) groups is 1. The number of hydrogen-bond acceptors (Lipinski definition) is 3. The molecule has 3 atom stereocenters. The van der Waals surface area contributed by atoms with E-state index in [0.717, 1.165) is 18.6 Å². The minimum absolute atomic E-state index is 0.209. The van der Waals surface area contributed by atoms with Gasteiger partial charge in [0, 0.05) is 31.0 Å². The molecule has 3 unspecified atom stereocenters. The number of nitrogens with one attached hydrogen (secondary N) is 2. The number of amides is 1. The monoisotopic (exact) mass is 290 g/mol. The van der Waals surface area contributed by atoms with Gasteiger partial charge in [-0.05, 0) is 57.1 Å². The van der Waals surface area contributed by atoms with E-state index in [-0.39, 0.29) is 11.9 Å². The maximum absolute atomic E-state index is 12.2. The largest absolute Gasteiger partial charge is 0.469 e. The van der Waals surface area contributed by atoms with Gasteiger partial charge in [-0.3, -0.25) is 4.79 Å². The fourth-order valence-corrected chi connectivity index (χ4v) is 3.82.